The van der Waals surface area contributed by atoms with Gasteiger partial charge in [0.2, 0.25) is 0 Å². The Labute approximate surface area is 297 Å². The molecular weight excluding hydrogens is 609 g/mol. The zero-order chi connectivity index (χ0) is 34.8. The van der Waals surface area contributed by atoms with E-state index < -0.39 is 0 Å². The highest BCUT2D eigenvalue weighted by molar-refractivity contribution is 6.00. The Bertz CT molecular complexity index is 2140. The number of rotatable bonds is 4. The monoisotopic (exact) mass is 652 g/mol. The van der Waals surface area contributed by atoms with E-state index in [-0.39, 0.29) is 0 Å². The van der Waals surface area contributed by atoms with Crippen LogP contribution in [0.25, 0.3) is 0 Å². The molecule has 0 radical (unpaired) electrons. The van der Waals surface area contributed by atoms with Crippen LogP contribution in [0.15, 0.2) is 133 Å². The number of anilines is 8. The van der Waals surface area contributed by atoms with Crippen molar-refractivity contribution >= 4 is 45.5 Å². The molecule has 2 aliphatic rings. The second kappa shape index (κ2) is 12.0. The van der Waals surface area contributed by atoms with Crippen LogP contribution < -0.4 is 19.6 Å². The molecule has 0 atom stereocenters. The molecule has 0 spiro atoms. The minimum atomic E-state index is 1.08. The lowest BCUT2D eigenvalue weighted by Gasteiger charge is -2.34. The van der Waals surface area contributed by atoms with Gasteiger partial charge in [0.25, 0.3) is 0 Å². The fourth-order valence-electron chi connectivity index (χ4n) is 7.80. The quantitative estimate of drug-likeness (QED) is 0.188. The van der Waals surface area contributed by atoms with E-state index in [1.807, 2.05) is 0 Å². The summed E-state index contributed by atoms with van der Waals surface area (Å²) in [5.74, 6) is 2.16. The van der Waals surface area contributed by atoms with Crippen LogP contribution in [0.2, 0.25) is 0 Å². The predicted molar refractivity (Wildman–Crippen MR) is 212 cm³/mol. The number of benzene rings is 6. The predicted octanol–water partition coefficient (Wildman–Crippen LogP) is 12.6. The van der Waals surface area contributed by atoms with Gasteiger partial charge in [-0.1, -0.05) is 48.5 Å². The molecule has 248 valence electrons. The summed E-state index contributed by atoms with van der Waals surface area (Å²) in [7, 11) is 0. The van der Waals surface area contributed by atoms with Crippen LogP contribution in [0, 0.1) is 55.4 Å². The molecule has 0 N–H and O–H groups in total. The first-order valence-corrected chi connectivity index (χ1v) is 17.5. The van der Waals surface area contributed by atoms with Crippen molar-refractivity contribution in [3.05, 3.63) is 177 Å². The summed E-state index contributed by atoms with van der Waals surface area (Å²) in [6.45, 7) is 17.5. The van der Waals surface area contributed by atoms with E-state index in [2.05, 4.69) is 196 Å². The van der Waals surface area contributed by atoms with Gasteiger partial charge in [-0.25, -0.2) is 0 Å². The summed E-state index contributed by atoms with van der Waals surface area (Å²) < 4.78 is 0. The molecule has 0 aliphatic carbocycles. The number of nitrogens with zero attached hydrogens (tertiary/aromatic N) is 4. The van der Waals surface area contributed by atoms with E-state index in [1.54, 1.807) is 0 Å². The molecule has 0 aromatic heterocycles. The lowest BCUT2D eigenvalue weighted by Crippen LogP contribution is -2.33. The topological polar surface area (TPSA) is 13.0 Å². The third kappa shape index (κ3) is 5.32. The van der Waals surface area contributed by atoms with Crippen molar-refractivity contribution in [3.63, 3.8) is 0 Å². The van der Waals surface area contributed by atoms with Crippen molar-refractivity contribution in [3.8, 4) is 0 Å². The van der Waals surface area contributed by atoms with Gasteiger partial charge in [0, 0.05) is 22.7 Å². The lowest BCUT2D eigenvalue weighted by molar-refractivity contribution is 1.00. The highest BCUT2D eigenvalue weighted by Gasteiger charge is 2.44. The maximum atomic E-state index is 2.49. The van der Waals surface area contributed by atoms with E-state index >= 15 is 0 Å². The van der Waals surface area contributed by atoms with Crippen molar-refractivity contribution in [1.82, 2.24) is 0 Å². The molecule has 4 nitrogen and oxygen atoms in total. The number of fused-ring (bicyclic) bond motifs is 2. The van der Waals surface area contributed by atoms with Gasteiger partial charge in [-0.3, -0.25) is 19.6 Å². The molecule has 0 unspecified atom stereocenters. The minimum Gasteiger partial charge on any atom is -0.291 e. The van der Waals surface area contributed by atoms with Crippen LogP contribution in [0.5, 0.6) is 0 Å². The van der Waals surface area contributed by atoms with Gasteiger partial charge >= 0.3 is 0 Å². The van der Waals surface area contributed by atoms with Crippen LogP contribution in [-0.2, 0) is 0 Å². The summed E-state index contributed by atoms with van der Waals surface area (Å²) in [6.07, 6.45) is 0. The molecule has 6 aromatic carbocycles. The Balaban J connectivity index is 1.58. The maximum absolute atomic E-state index is 2.49. The smallest absolute Gasteiger partial charge is 0.166 e. The second-order valence-electron chi connectivity index (χ2n) is 14.3. The standard InChI is InChI=1S/C46H44N4/c1-29-11-9-13-37(21-29)47-43-27-31(3)15-17-41(43)49(39-23-33(5)19-34(6)24-39)45(47)46-48(38-14-10-12-30(2)22-38)44-28-32(4)16-18-42(44)50(46)40-25-35(7)20-36(8)26-40/h9-28H,1-8H3/b46-45+. The molecule has 0 saturated heterocycles. The van der Waals surface area contributed by atoms with Crippen LogP contribution in [0.3, 0.4) is 0 Å². The van der Waals surface area contributed by atoms with Crippen LogP contribution >= 0.6 is 0 Å². The van der Waals surface area contributed by atoms with E-state index in [1.165, 1.54) is 44.5 Å². The molecule has 4 heteroatoms. The fourth-order valence-corrected chi connectivity index (χ4v) is 7.80. The second-order valence-corrected chi connectivity index (χ2v) is 14.3. The van der Waals surface area contributed by atoms with Crippen molar-refractivity contribution in [2.45, 2.75) is 55.4 Å². The zero-order valence-corrected chi connectivity index (χ0v) is 30.3. The summed E-state index contributed by atoms with van der Waals surface area (Å²) in [5, 5.41) is 0. The number of hydrogen-bond donors (Lipinski definition) is 0. The van der Waals surface area contributed by atoms with E-state index in [0.717, 1.165) is 57.1 Å². The molecule has 0 amide bonds. The van der Waals surface area contributed by atoms with E-state index in [9.17, 15) is 0 Å². The Hall–Kier alpha value is -5.74. The SMILES string of the molecule is Cc1cccc(N2/C(=C3\N(c4cc(C)cc(C)c4)c4ccc(C)cc4N3c3cccc(C)c3)N(c3cc(C)cc(C)c3)c3ccc(C)cc32)c1. The van der Waals surface area contributed by atoms with Gasteiger partial charge in [0.15, 0.2) is 11.6 Å². The van der Waals surface area contributed by atoms with Crippen molar-refractivity contribution in [2.24, 2.45) is 0 Å². The summed E-state index contributed by atoms with van der Waals surface area (Å²) in [5.41, 5.74) is 19.0. The molecule has 6 aromatic rings. The Morgan fingerprint density at radius 1 is 0.260 bits per heavy atom. The molecule has 50 heavy (non-hydrogen) atoms. The minimum absolute atomic E-state index is 1.08. The van der Waals surface area contributed by atoms with Gasteiger partial charge in [-0.15, -0.1) is 0 Å². The molecule has 0 saturated carbocycles. The molecule has 2 heterocycles. The summed E-state index contributed by atoms with van der Waals surface area (Å²) in [6, 6.07) is 45.4. The molecule has 0 bridgehead atoms. The van der Waals surface area contributed by atoms with Crippen molar-refractivity contribution in [2.75, 3.05) is 19.6 Å². The summed E-state index contributed by atoms with van der Waals surface area (Å²) in [4.78, 5) is 9.95. The molecule has 0 fully saturated rings. The molecular formula is C46H44N4. The zero-order valence-electron chi connectivity index (χ0n) is 30.3. The average Bonchev–Trinajstić information content (AvgIpc) is 3.56. The largest absolute Gasteiger partial charge is 0.291 e. The number of aryl methyl sites for hydroxylation is 8. The molecule has 2 aliphatic heterocycles. The van der Waals surface area contributed by atoms with Crippen LogP contribution in [0.4, 0.5) is 45.5 Å². The lowest BCUT2D eigenvalue weighted by atomic mass is 10.1. The van der Waals surface area contributed by atoms with Gasteiger partial charge < -0.3 is 0 Å². The first-order valence-electron chi connectivity index (χ1n) is 17.5. The summed E-state index contributed by atoms with van der Waals surface area (Å²) >= 11 is 0. The Kier molecular flexibility index (Phi) is 7.56. The Morgan fingerprint density at radius 3 is 0.940 bits per heavy atom. The third-order valence-electron chi connectivity index (χ3n) is 9.72. The maximum Gasteiger partial charge on any atom is 0.166 e. The normalized spacial score (nSPS) is 15.2. The number of hydrogen-bond acceptors (Lipinski definition) is 4. The average molecular weight is 653 g/mol. The first-order chi connectivity index (χ1) is 24.0. The Morgan fingerprint density at radius 2 is 0.580 bits per heavy atom. The van der Waals surface area contributed by atoms with Gasteiger partial charge in [-0.2, -0.15) is 0 Å². The third-order valence-corrected chi connectivity index (χ3v) is 9.72. The van der Waals surface area contributed by atoms with E-state index in [0.29, 0.717) is 0 Å². The van der Waals surface area contributed by atoms with Gasteiger partial charge in [0.05, 0.1) is 22.7 Å². The van der Waals surface area contributed by atoms with E-state index in [4.69, 9.17) is 0 Å². The highest BCUT2D eigenvalue weighted by atomic mass is 15.5. The fraction of sp³-hybridized carbons (Fsp3) is 0.174. The van der Waals surface area contributed by atoms with Crippen molar-refractivity contribution < 1.29 is 0 Å². The highest BCUT2D eigenvalue weighted by Crippen LogP contribution is 2.57. The van der Waals surface area contributed by atoms with Crippen LogP contribution in [0.1, 0.15) is 44.5 Å². The van der Waals surface area contributed by atoms with Gasteiger partial charge in [-0.05, 0) is 173 Å². The first kappa shape index (κ1) is 31.5. The van der Waals surface area contributed by atoms with Crippen molar-refractivity contribution in [1.29, 1.82) is 0 Å². The van der Waals surface area contributed by atoms with Crippen LogP contribution in [-0.4, -0.2) is 0 Å². The van der Waals surface area contributed by atoms with Gasteiger partial charge in [0.1, 0.15) is 0 Å². The molecule has 8 rings (SSSR count).